The number of fused-ring (bicyclic) bond motifs is 2. The van der Waals surface area contributed by atoms with Crippen LogP contribution in [0.15, 0.2) is 18.2 Å². The molecule has 1 aromatic rings. The summed E-state index contributed by atoms with van der Waals surface area (Å²) in [5, 5.41) is 13.4. The smallest absolute Gasteiger partial charge is 0.118 e. The lowest BCUT2D eigenvalue weighted by Gasteiger charge is -2.43. The summed E-state index contributed by atoms with van der Waals surface area (Å²) in [6.07, 6.45) is 4.08. The van der Waals surface area contributed by atoms with Gasteiger partial charge in [-0.05, 0) is 66.7 Å². The number of anilines is 1. The van der Waals surface area contributed by atoms with Crippen molar-refractivity contribution in [3.63, 3.8) is 0 Å². The average molecular weight is 259 g/mol. The van der Waals surface area contributed by atoms with E-state index in [1.807, 2.05) is 13.0 Å². The number of aromatic hydroxyl groups is 1. The van der Waals surface area contributed by atoms with Crippen LogP contribution >= 0.6 is 0 Å². The number of nitrogens with one attached hydrogen (secondary N) is 1. The Morgan fingerprint density at radius 3 is 2.58 bits per heavy atom. The molecule has 0 spiro atoms. The van der Waals surface area contributed by atoms with Crippen LogP contribution in [0.1, 0.15) is 45.6 Å². The molecular formula is C17H25NO. The first-order valence-corrected chi connectivity index (χ1v) is 7.39. The molecule has 1 aromatic carbocycles. The molecule has 104 valence electrons. The highest BCUT2D eigenvalue weighted by atomic mass is 16.3. The topological polar surface area (TPSA) is 32.3 Å². The Bertz CT molecular complexity index is 503. The van der Waals surface area contributed by atoms with Crippen molar-refractivity contribution in [2.75, 3.05) is 5.32 Å². The highest BCUT2D eigenvalue weighted by Crippen LogP contribution is 2.63. The van der Waals surface area contributed by atoms with E-state index in [0.717, 1.165) is 17.2 Å². The van der Waals surface area contributed by atoms with Crippen molar-refractivity contribution in [1.29, 1.82) is 0 Å². The van der Waals surface area contributed by atoms with E-state index in [0.29, 0.717) is 22.6 Å². The predicted molar refractivity (Wildman–Crippen MR) is 79.5 cm³/mol. The fraction of sp³-hybridized carbons (Fsp3) is 0.647. The molecule has 0 radical (unpaired) electrons. The molecule has 2 nitrogen and oxygen atoms in total. The maximum atomic E-state index is 9.64. The summed E-state index contributed by atoms with van der Waals surface area (Å²) in [5.41, 5.74) is 2.87. The van der Waals surface area contributed by atoms with Gasteiger partial charge in [-0.25, -0.2) is 0 Å². The SMILES string of the molecule is Cc1cc(NC2C3(C)CCC(C3)C2(C)C)ccc1O. The van der Waals surface area contributed by atoms with Crippen molar-refractivity contribution >= 4 is 5.69 Å². The average Bonchev–Trinajstić information content (AvgIpc) is 2.80. The number of aryl methyl sites for hydroxylation is 1. The van der Waals surface area contributed by atoms with E-state index in [9.17, 15) is 5.11 Å². The molecule has 0 amide bonds. The summed E-state index contributed by atoms with van der Waals surface area (Å²) < 4.78 is 0. The van der Waals surface area contributed by atoms with Gasteiger partial charge in [0.05, 0.1) is 0 Å². The van der Waals surface area contributed by atoms with Crippen LogP contribution in [0, 0.1) is 23.7 Å². The Labute approximate surface area is 116 Å². The summed E-state index contributed by atoms with van der Waals surface area (Å²) in [6.45, 7) is 9.21. The molecule has 2 bridgehead atoms. The van der Waals surface area contributed by atoms with Gasteiger partial charge in [0.1, 0.15) is 5.75 Å². The summed E-state index contributed by atoms with van der Waals surface area (Å²) in [4.78, 5) is 0. The second kappa shape index (κ2) is 3.91. The van der Waals surface area contributed by atoms with Gasteiger partial charge in [0.2, 0.25) is 0 Å². The van der Waals surface area contributed by atoms with Gasteiger partial charge < -0.3 is 10.4 Å². The number of phenolic OH excluding ortho intramolecular Hbond substituents is 1. The highest BCUT2D eigenvalue weighted by Gasteiger charge is 2.59. The van der Waals surface area contributed by atoms with E-state index in [2.05, 4.69) is 32.2 Å². The van der Waals surface area contributed by atoms with E-state index in [1.165, 1.54) is 19.3 Å². The van der Waals surface area contributed by atoms with Crippen LogP contribution in [0.3, 0.4) is 0 Å². The van der Waals surface area contributed by atoms with Crippen molar-refractivity contribution in [3.8, 4) is 5.75 Å². The summed E-state index contributed by atoms with van der Waals surface area (Å²) in [7, 11) is 0. The molecule has 0 aromatic heterocycles. The van der Waals surface area contributed by atoms with Gasteiger partial charge in [0, 0.05) is 11.7 Å². The Hall–Kier alpha value is -1.18. The maximum absolute atomic E-state index is 9.64. The maximum Gasteiger partial charge on any atom is 0.118 e. The molecule has 2 fully saturated rings. The third-order valence-electron chi connectivity index (χ3n) is 5.78. The van der Waals surface area contributed by atoms with Crippen LogP contribution in [0.5, 0.6) is 5.75 Å². The van der Waals surface area contributed by atoms with Gasteiger partial charge in [0.25, 0.3) is 0 Å². The number of benzene rings is 1. The van der Waals surface area contributed by atoms with Crippen LogP contribution in [-0.2, 0) is 0 Å². The number of rotatable bonds is 2. The minimum absolute atomic E-state index is 0.360. The Kier molecular flexibility index (Phi) is 2.64. The molecule has 0 heterocycles. The molecule has 2 N–H and O–H groups in total. The monoisotopic (exact) mass is 259 g/mol. The lowest BCUT2D eigenvalue weighted by atomic mass is 9.68. The molecule has 0 aliphatic heterocycles. The molecule has 3 rings (SSSR count). The lowest BCUT2D eigenvalue weighted by molar-refractivity contribution is 0.155. The van der Waals surface area contributed by atoms with Crippen molar-refractivity contribution in [2.45, 2.75) is 53.0 Å². The van der Waals surface area contributed by atoms with E-state index in [4.69, 9.17) is 0 Å². The third-order valence-corrected chi connectivity index (χ3v) is 5.78. The number of hydrogen-bond acceptors (Lipinski definition) is 2. The summed E-state index contributed by atoms with van der Waals surface area (Å²) in [6, 6.07) is 6.37. The standard InChI is InChI=1S/C17H25NO/c1-11-9-13(5-6-14(11)19)18-15-16(2,3)12-7-8-17(15,4)10-12/h5-6,9,12,15,18-19H,7-8,10H2,1-4H3. The number of phenols is 1. The van der Waals surface area contributed by atoms with Crippen LogP contribution in [0.25, 0.3) is 0 Å². The lowest BCUT2D eigenvalue weighted by Crippen LogP contribution is -2.45. The normalized spacial score (nSPS) is 35.6. The summed E-state index contributed by atoms with van der Waals surface area (Å²) >= 11 is 0. The van der Waals surface area contributed by atoms with Crippen LogP contribution in [0.2, 0.25) is 0 Å². The van der Waals surface area contributed by atoms with Gasteiger partial charge in [-0.3, -0.25) is 0 Å². The van der Waals surface area contributed by atoms with Crippen molar-refractivity contribution < 1.29 is 5.11 Å². The van der Waals surface area contributed by atoms with Gasteiger partial charge in [-0.1, -0.05) is 20.8 Å². The largest absolute Gasteiger partial charge is 0.508 e. The van der Waals surface area contributed by atoms with Crippen molar-refractivity contribution in [1.82, 2.24) is 0 Å². The molecule has 2 saturated carbocycles. The van der Waals surface area contributed by atoms with E-state index in [1.54, 1.807) is 6.07 Å². The van der Waals surface area contributed by atoms with Gasteiger partial charge in [-0.2, -0.15) is 0 Å². The molecule has 3 unspecified atom stereocenters. The second-order valence-electron chi connectivity index (χ2n) is 7.49. The molecule has 2 aliphatic carbocycles. The minimum Gasteiger partial charge on any atom is -0.508 e. The minimum atomic E-state index is 0.360. The molecule has 19 heavy (non-hydrogen) atoms. The Morgan fingerprint density at radius 2 is 2.00 bits per heavy atom. The van der Waals surface area contributed by atoms with Crippen LogP contribution in [-0.4, -0.2) is 11.1 Å². The zero-order chi connectivity index (χ0) is 13.8. The zero-order valence-corrected chi connectivity index (χ0v) is 12.5. The van der Waals surface area contributed by atoms with Gasteiger partial charge in [0.15, 0.2) is 0 Å². The highest BCUT2D eigenvalue weighted by molar-refractivity contribution is 5.52. The second-order valence-corrected chi connectivity index (χ2v) is 7.49. The first kappa shape index (κ1) is 12.8. The first-order valence-electron chi connectivity index (χ1n) is 7.39. The fourth-order valence-corrected chi connectivity index (χ4v) is 4.57. The van der Waals surface area contributed by atoms with E-state index >= 15 is 0 Å². The zero-order valence-electron chi connectivity index (χ0n) is 12.5. The van der Waals surface area contributed by atoms with Gasteiger partial charge in [-0.15, -0.1) is 0 Å². The van der Waals surface area contributed by atoms with Crippen LogP contribution < -0.4 is 5.32 Å². The predicted octanol–water partition coefficient (Wildman–Crippen LogP) is 4.33. The molecule has 2 heteroatoms. The Balaban J connectivity index is 1.88. The number of hydrogen-bond donors (Lipinski definition) is 2. The quantitative estimate of drug-likeness (QED) is 0.775. The summed E-state index contributed by atoms with van der Waals surface area (Å²) in [5.74, 6) is 1.23. The van der Waals surface area contributed by atoms with Crippen molar-refractivity contribution in [2.24, 2.45) is 16.7 Å². The van der Waals surface area contributed by atoms with Gasteiger partial charge >= 0.3 is 0 Å². The first-order chi connectivity index (χ1) is 8.83. The molecule has 0 saturated heterocycles. The molecular weight excluding hydrogens is 234 g/mol. The van der Waals surface area contributed by atoms with E-state index < -0.39 is 0 Å². The third kappa shape index (κ3) is 1.84. The van der Waals surface area contributed by atoms with E-state index in [-0.39, 0.29) is 0 Å². The van der Waals surface area contributed by atoms with Crippen molar-refractivity contribution in [3.05, 3.63) is 23.8 Å². The fourth-order valence-electron chi connectivity index (χ4n) is 4.57. The molecule has 3 atom stereocenters. The Morgan fingerprint density at radius 1 is 1.26 bits per heavy atom. The van der Waals surface area contributed by atoms with Crippen LogP contribution in [0.4, 0.5) is 5.69 Å². The molecule has 2 aliphatic rings.